The molecule has 0 amide bonds. The first-order valence-corrected chi connectivity index (χ1v) is 11.3. The standard InChI is InChI=1S/C12H24N5O7PS/c1-23-8-4-9(17-12-10(13)11(14)15-5-16-12)24-7(8)2-3-26(21,22)6-25(18,19)20/h5,7-9,21-22H,2-4,6,13H2,1H3,(H2,18,19,20)(H3,14,15,16,17)/t7-,8+,9?/m1/s1. The number of anilines is 3. The highest BCUT2D eigenvalue weighted by Gasteiger charge is 2.37. The Bertz CT molecular complexity index is 675. The van der Waals surface area contributed by atoms with Crippen molar-refractivity contribution < 1.29 is 32.9 Å². The molecule has 9 N–H and O–H groups in total. The lowest BCUT2D eigenvalue weighted by Crippen LogP contribution is -2.26. The van der Waals surface area contributed by atoms with Crippen molar-refractivity contribution in [2.45, 2.75) is 31.3 Å². The number of nitrogens with zero attached hydrogens (tertiary/aromatic N) is 2. The first-order chi connectivity index (χ1) is 12.0. The van der Waals surface area contributed by atoms with E-state index < -0.39 is 36.0 Å². The molecule has 0 bridgehead atoms. The highest BCUT2D eigenvalue weighted by Crippen LogP contribution is 2.53. The first kappa shape index (κ1) is 21.1. The van der Waals surface area contributed by atoms with Crippen LogP contribution in [0.1, 0.15) is 12.8 Å². The van der Waals surface area contributed by atoms with Gasteiger partial charge in [0.1, 0.15) is 23.7 Å². The Morgan fingerprint density at radius 2 is 2.12 bits per heavy atom. The fourth-order valence-electron chi connectivity index (χ4n) is 2.63. The van der Waals surface area contributed by atoms with E-state index >= 15 is 0 Å². The van der Waals surface area contributed by atoms with Crippen molar-refractivity contribution in [2.24, 2.45) is 0 Å². The van der Waals surface area contributed by atoms with Gasteiger partial charge in [0, 0.05) is 19.3 Å². The summed E-state index contributed by atoms with van der Waals surface area (Å²) in [5.74, 6) is 0.230. The molecule has 0 radical (unpaired) electrons. The summed E-state index contributed by atoms with van der Waals surface area (Å²) in [6.07, 6.45) is 0.484. The third-order valence-electron chi connectivity index (χ3n) is 3.82. The van der Waals surface area contributed by atoms with Crippen molar-refractivity contribution in [1.82, 2.24) is 9.97 Å². The molecule has 150 valence electrons. The zero-order valence-electron chi connectivity index (χ0n) is 14.1. The topological polar surface area (TPSA) is 206 Å². The van der Waals surface area contributed by atoms with E-state index in [0.717, 1.165) is 0 Å². The Morgan fingerprint density at radius 3 is 2.73 bits per heavy atom. The number of rotatable bonds is 8. The van der Waals surface area contributed by atoms with Gasteiger partial charge in [0.15, 0.2) is 11.6 Å². The average Bonchev–Trinajstić information content (AvgIpc) is 2.90. The summed E-state index contributed by atoms with van der Waals surface area (Å²) in [6.45, 7) is 0. The normalized spacial score (nSPS) is 24.6. The number of hydrogen-bond donors (Lipinski definition) is 7. The van der Waals surface area contributed by atoms with Gasteiger partial charge in [-0.15, -0.1) is 0 Å². The largest absolute Gasteiger partial charge is 0.393 e. The molecule has 1 aliphatic heterocycles. The van der Waals surface area contributed by atoms with Gasteiger partial charge in [-0.3, -0.25) is 13.7 Å². The van der Waals surface area contributed by atoms with Crippen LogP contribution in [-0.4, -0.2) is 65.7 Å². The summed E-state index contributed by atoms with van der Waals surface area (Å²) >= 11 is 0. The van der Waals surface area contributed by atoms with E-state index in [9.17, 15) is 13.7 Å². The van der Waals surface area contributed by atoms with Crippen LogP contribution in [0.3, 0.4) is 0 Å². The molecule has 0 spiro atoms. The molecule has 1 aliphatic rings. The van der Waals surface area contributed by atoms with Crippen LogP contribution < -0.4 is 16.8 Å². The quantitative estimate of drug-likeness (QED) is 0.290. The van der Waals surface area contributed by atoms with E-state index in [1.165, 1.54) is 13.4 Å². The number of nitrogen functional groups attached to an aromatic ring is 2. The van der Waals surface area contributed by atoms with Gasteiger partial charge in [0.2, 0.25) is 0 Å². The van der Waals surface area contributed by atoms with E-state index in [1.54, 1.807) is 0 Å². The zero-order valence-corrected chi connectivity index (χ0v) is 15.8. The summed E-state index contributed by atoms with van der Waals surface area (Å²) in [5, 5.41) is 2.98. The van der Waals surface area contributed by atoms with Crippen molar-refractivity contribution in [3.63, 3.8) is 0 Å². The fraction of sp³-hybridized carbons (Fsp3) is 0.667. The number of nitrogens with one attached hydrogen (secondary N) is 1. The molecule has 1 aromatic rings. The fourth-order valence-corrected chi connectivity index (χ4v) is 5.91. The van der Waals surface area contributed by atoms with Crippen molar-refractivity contribution in [3.05, 3.63) is 6.33 Å². The number of hydrogen-bond acceptors (Lipinski definition) is 10. The number of ether oxygens (including phenoxy) is 2. The van der Waals surface area contributed by atoms with Crippen LogP contribution in [0.4, 0.5) is 17.3 Å². The Kier molecular flexibility index (Phi) is 6.69. The lowest BCUT2D eigenvalue weighted by atomic mass is 10.1. The smallest absolute Gasteiger partial charge is 0.344 e. The second-order valence-electron chi connectivity index (χ2n) is 5.93. The number of aromatic nitrogens is 2. The van der Waals surface area contributed by atoms with Gasteiger partial charge in [-0.1, -0.05) is 0 Å². The van der Waals surface area contributed by atoms with Crippen LogP contribution in [0, 0.1) is 0 Å². The summed E-state index contributed by atoms with van der Waals surface area (Å²) in [6, 6.07) is 0. The minimum Gasteiger partial charge on any atom is -0.393 e. The maximum absolute atomic E-state index is 11.0. The van der Waals surface area contributed by atoms with E-state index in [1.807, 2.05) is 0 Å². The van der Waals surface area contributed by atoms with Crippen LogP contribution >= 0.6 is 18.2 Å². The molecule has 14 heteroatoms. The van der Waals surface area contributed by atoms with Crippen LogP contribution in [0.15, 0.2) is 6.33 Å². The molecule has 1 unspecified atom stereocenters. The third kappa shape index (κ3) is 5.93. The Morgan fingerprint density at radius 1 is 1.42 bits per heavy atom. The van der Waals surface area contributed by atoms with E-state index in [4.69, 9.17) is 30.7 Å². The summed E-state index contributed by atoms with van der Waals surface area (Å²) in [7, 11) is -6.46. The lowest BCUT2D eigenvalue weighted by Gasteiger charge is -2.33. The predicted octanol–water partition coefficient (Wildman–Crippen LogP) is 0.459. The molecule has 0 aliphatic carbocycles. The van der Waals surface area contributed by atoms with Crippen LogP contribution in [0.25, 0.3) is 0 Å². The second kappa shape index (κ2) is 8.23. The SMILES string of the molecule is CO[C@H]1CC(Nc2ncnc(N)c2N)O[C@@H]1CCS(O)(O)CP(=O)(O)O. The minimum absolute atomic E-state index is 0.131. The average molecular weight is 413 g/mol. The van der Waals surface area contributed by atoms with Gasteiger partial charge in [-0.05, 0) is 6.42 Å². The molecular formula is C12H24N5O7PS. The van der Waals surface area contributed by atoms with Gasteiger partial charge in [0.05, 0.1) is 12.2 Å². The van der Waals surface area contributed by atoms with Crippen molar-refractivity contribution >= 4 is 35.5 Å². The Labute approximate surface area is 151 Å². The third-order valence-corrected chi connectivity index (χ3v) is 7.71. The minimum atomic E-state index is -4.53. The summed E-state index contributed by atoms with van der Waals surface area (Å²) in [4.78, 5) is 25.6. The molecule has 1 aromatic heterocycles. The van der Waals surface area contributed by atoms with Crippen molar-refractivity contribution in [2.75, 3.05) is 35.1 Å². The molecule has 2 heterocycles. The predicted molar refractivity (Wildman–Crippen MR) is 97.8 cm³/mol. The van der Waals surface area contributed by atoms with Gasteiger partial charge in [-0.25, -0.2) is 9.97 Å². The van der Waals surface area contributed by atoms with Gasteiger partial charge in [-0.2, -0.15) is 10.6 Å². The van der Waals surface area contributed by atoms with Gasteiger partial charge < -0.3 is 36.0 Å². The van der Waals surface area contributed by atoms with Crippen molar-refractivity contribution in [1.29, 1.82) is 0 Å². The van der Waals surface area contributed by atoms with Crippen LogP contribution in [0.5, 0.6) is 0 Å². The maximum Gasteiger partial charge on any atom is 0.344 e. The second-order valence-corrected chi connectivity index (χ2v) is 10.3. The highest BCUT2D eigenvalue weighted by molar-refractivity contribution is 8.27. The van der Waals surface area contributed by atoms with Gasteiger partial charge in [0.25, 0.3) is 0 Å². The van der Waals surface area contributed by atoms with Crippen LogP contribution in [-0.2, 0) is 14.0 Å². The lowest BCUT2D eigenvalue weighted by molar-refractivity contribution is -0.000462. The molecule has 3 atom stereocenters. The molecule has 1 saturated heterocycles. The molecule has 26 heavy (non-hydrogen) atoms. The summed E-state index contributed by atoms with van der Waals surface area (Å²) < 4.78 is 41.8. The molecule has 2 rings (SSSR count). The van der Waals surface area contributed by atoms with Crippen LogP contribution in [0.2, 0.25) is 0 Å². The number of nitrogens with two attached hydrogens (primary N) is 2. The molecule has 12 nitrogen and oxygen atoms in total. The first-order valence-electron chi connectivity index (χ1n) is 7.59. The monoisotopic (exact) mass is 413 g/mol. The zero-order chi connectivity index (χ0) is 19.5. The summed E-state index contributed by atoms with van der Waals surface area (Å²) in [5.41, 5.74) is 10.6. The molecule has 0 saturated carbocycles. The molecule has 1 fully saturated rings. The van der Waals surface area contributed by atoms with E-state index in [-0.39, 0.29) is 29.8 Å². The number of methoxy groups -OCH3 is 1. The highest BCUT2D eigenvalue weighted by atomic mass is 32.3. The molecule has 0 aromatic carbocycles. The van der Waals surface area contributed by atoms with Gasteiger partial charge >= 0.3 is 7.60 Å². The Hall–Kier alpha value is -1.18. The van der Waals surface area contributed by atoms with E-state index in [2.05, 4.69) is 15.3 Å². The maximum atomic E-state index is 11.0. The van der Waals surface area contributed by atoms with Crippen molar-refractivity contribution in [3.8, 4) is 0 Å². The molecular weight excluding hydrogens is 389 g/mol. The Balaban J connectivity index is 1.96. The van der Waals surface area contributed by atoms with E-state index in [0.29, 0.717) is 12.2 Å².